The Labute approximate surface area is 145 Å². The van der Waals surface area contributed by atoms with Gasteiger partial charge in [0, 0.05) is 0 Å². The minimum atomic E-state index is 0.384. The summed E-state index contributed by atoms with van der Waals surface area (Å²) in [7, 11) is 0. The predicted molar refractivity (Wildman–Crippen MR) is 103 cm³/mol. The van der Waals surface area contributed by atoms with Crippen LogP contribution in [-0.2, 0) is 0 Å². The average Bonchev–Trinajstić information content (AvgIpc) is 2.62. The van der Waals surface area contributed by atoms with Gasteiger partial charge in [-0.1, -0.05) is 60.7 Å². The molecule has 0 aliphatic carbocycles. The molecule has 0 radical (unpaired) electrons. The monoisotopic (exact) mass is 338 g/mol. The second-order valence-corrected chi connectivity index (χ2v) is 6.81. The lowest BCUT2D eigenvalue weighted by molar-refractivity contribution is 0.450. The maximum absolute atomic E-state index is 10.4. The quantitative estimate of drug-likeness (QED) is 0.574. The Morgan fingerprint density at radius 2 is 1.26 bits per heavy atom. The topological polar surface area (TPSA) is 20.2 Å². The highest BCUT2D eigenvalue weighted by molar-refractivity contribution is 7.99. The molecule has 1 N–H and O–H groups in total. The fraction of sp³-hybridized carbons (Fsp3) is 0.100. The Morgan fingerprint density at radius 1 is 0.652 bits per heavy atom. The molecule has 0 bridgehead atoms. The third-order valence-electron chi connectivity index (χ3n) is 3.82. The van der Waals surface area contributed by atoms with Crippen LogP contribution in [0.2, 0.25) is 0 Å². The number of hydrogen-bond donors (Lipinski definition) is 1. The molecule has 0 amide bonds. The van der Waals surface area contributed by atoms with Crippen molar-refractivity contribution < 1.29 is 5.11 Å². The largest absolute Gasteiger partial charge is 0.506 e. The van der Waals surface area contributed by atoms with Crippen molar-refractivity contribution in [1.82, 2.24) is 0 Å². The van der Waals surface area contributed by atoms with Gasteiger partial charge in [0.05, 0.1) is 9.79 Å². The molecule has 1 nitrogen and oxygen atoms in total. The molecule has 0 saturated heterocycles. The minimum Gasteiger partial charge on any atom is -0.506 e. The van der Waals surface area contributed by atoms with Crippen molar-refractivity contribution in [3.8, 4) is 28.0 Å². The van der Waals surface area contributed by atoms with Crippen LogP contribution in [0.4, 0.5) is 0 Å². The number of rotatable bonds is 4. The van der Waals surface area contributed by atoms with Gasteiger partial charge in [-0.2, -0.15) is 0 Å². The van der Waals surface area contributed by atoms with Crippen LogP contribution in [-0.4, -0.2) is 17.6 Å². The number of phenols is 1. The summed E-state index contributed by atoms with van der Waals surface area (Å²) in [6.07, 6.45) is 3.98. The first-order chi connectivity index (χ1) is 11.2. The fourth-order valence-corrected chi connectivity index (χ4v) is 3.90. The molecule has 3 heteroatoms. The number of aromatic hydroxyl groups is 1. The van der Waals surface area contributed by atoms with Gasteiger partial charge in [-0.15, -0.1) is 23.5 Å². The second kappa shape index (κ2) is 7.16. The van der Waals surface area contributed by atoms with Crippen LogP contribution >= 0.6 is 23.5 Å². The molecule has 0 spiro atoms. The van der Waals surface area contributed by atoms with Crippen molar-refractivity contribution in [2.75, 3.05) is 12.5 Å². The SMILES string of the molecule is CSc1ccc(-c2ccc(-c3ccccc3)cc2)c(SC)c1O. The first-order valence-electron chi connectivity index (χ1n) is 7.34. The Kier molecular flexibility index (Phi) is 4.99. The highest BCUT2D eigenvalue weighted by Crippen LogP contribution is 2.42. The molecule has 3 aromatic rings. The molecule has 0 aromatic heterocycles. The van der Waals surface area contributed by atoms with Gasteiger partial charge >= 0.3 is 0 Å². The van der Waals surface area contributed by atoms with Crippen LogP contribution in [0.1, 0.15) is 0 Å². The number of benzene rings is 3. The number of thioether (sulfide) groups is 2. The molecule has 0 atom stereocenters. The van der Waals surface area contributed by atoms with Gasteiger partial charge in [-0.05, 0) is 40.8 Å². The zero-order valence-corrected chi connectivity index (χ0v) is 14.7. The summed E-state index contributed by atoms with van der Waals surface area (Å²) in [4.78, 5) is 1.85. The van der Waals surface area contributed by atoms with Crippen molar-refractivity contribution >= 4 is 23.5 Å². The van der Waals surface area contributed by atoms with E-state index in [0.717, 1.165) is 20.9 Å². The average molecular weight is 338 g/mol. The molecule has 23 heavy (non-hydrogen) atoms. The zero-order chi connectivity index (χ0) is 16.2. The maximum Gasteiger partial charge on any atom is 0.143 e. The van der Waals surface area contributed by atoms with Crippen molar-refractivity contribution in [2.45, 2.75) is 9.79 Å². The smallest absolute Gasteiger partial charge is 0.143 e. The lowest BCUT2D eigenvalue weighted by Gasteiger charge is -2.13. The molecular formula is C20H18OS2. The van der Waals surface area contributed by atoms with Crippen molar-refractivity contribution in [3.63, 3.8) is 0 Å². The van der Waals surface area contributed by atoms with E-state index < -0.39 is 0 Å². The summed E-state index contributed by atoms with van der Waals surface area (Å²) in [5.41, 5.74) is 4.61. The van der Waals surface area contributed by atoms with E-state index in [1.54, 1.807) is 23.5 Å². The lowest BCUT2D eigenvalue weighted by Crippen LogP contribution is -1.86. The Morgan fingerprint density at radius 3 is 1.87 bits per heavy atom. The molecular weight excluding hydrogens is 320 g/mol. The summed E-state index contributed by atoms with van der Waals surface area (Å²) in [6, 6.07) is 22.9. The van der Waals surface area contributed by atoms with Gasteiger partial charge in [0.15, 0.2) is 0 Å². The van der Waals surface area contributed by atoms with Crippen molar-refractivity contribution in [1.29, 1.82) is 0 Å². The second-order valence-electron chi connectivity index (χ2n) is 5.14. The van der Waals surface area contributed by atoms with Gasteiger partial charge in [-0.3, -0.25) is 0 Å². The van der Waals surface area contributed by atoms with Crippen LogP contribution in [0.15, 0.2) is 76.5 Å². The Balaban J connectivity index is 2.01. The van der Waals surface area contributed by atoms with Gasteiger partial charge in [0.25, 0.3) is 0 Å². The third kappa shape index (κ3) is 3.26. The predicted octanol–water partition coefficient (Wildman–Crippen LogP) is 6.17. The summed E-state index contributed by atoms with van der Waals surface area (Å²) in [5, 5.41) is 10.4. The molecule has 116 valence electrons. The molecule has 0 heterocycles. The number of hydrogen-bond acceptors (Lipinski definition) is 3. The summed E-state index contributed by atoms with van der Waals surface area (Å²) >= 11 is 3.15. The molecule has 3 rings (SSSR count). The van der Waals surface area contributed by atoms with Crippen LogP contribution in [0.5, 0.6) is 5.75 Å². The van der Waals surface area contributed by atoms with E-state index >= 15 is 0 Å². The first-order valence-corrected chi connectivity index (χ1v) is 9.79. The molecule has 0 fully saturated rings. The summed E-state index contributed by atoms with van der Waals surface area (Å²) < 4.78 is 0. The highest BCUT2D eigenvalue weighted by atomic mass is 32.2. The Bertz CT molecular complexity index is 796. The van der Waals surface area contributed by atoms with Crippen LogP contribution < -0.4 is 0 Å². The lowest BCUT2D eigenvalue weighted by atomic mass is 10.00. The van der Waals surface area contributed by atoms with Gasteiger partial charge in [0.1, 0.15) is 5.75 Å². The van der Waals surface area contributed by atoms with E-state index in [0.29, 0.717) is 5.75 Å². The Hall–Kier alpha value is -1.84. The van der Waals surface area contributed by atoms with Gasteiger partial charge in [0.2, 0.25) is 0 Å². The van der Waals surface area contributed by atoms with Gasteiger partial charge in [-0.25, -0.2) is 0 Å². The van der Waals surface area contributed by atoms with Gasteiger partial charge < -0.3 is 5.11 Å². The van der Waals surface area contributed by atoms with E-state index in [2.05, 4.69) is 42.5 Å². The van der Waals surface area contributed by atoms with Crippen LogP contribution in [0.25, 0.3) is 22.3 Å². The standard InChI is InChI=1S/C20H18OS2/c1-22-18-13-12-17(20(23-2)19(18)21)16-10-8-15(9-11-16)14-6-4-3-5-7-14/h3-13,21H,1-2H3. The molecule has 0 aliphatic rings. The van der Waals surface area contributed by atoms with Crippen LogP contribution in [0, 0.1) is 0 Å². The van der Waals surface area contributed by atoms with E-state index in [-0.39, 0.29) is 0 Å². The normalized spacial score (nSPS) is 10.7. The zero-order valence-electron chi connectivity index (χ0n) is 13.1. The fourth-order valence-electron chi connectivity index (χ4n) is 2.62. The van der Waals surface area contributed by atoms with E-state index in [1.165, 1.54) is 11.1 Å². The third-order valence-corrected chi connectivity index (χ3v) is 5.41. The maximum atomic E-state index is 10.4. The summed E-state index contributed by atoms with van der Waals surface area (Å²) in [6.45, 7) is 0. The van der Waals surface area contributed by atoms with Crippen molar-refractivity contribution in [2.24, 2.45) is 0 Å². The molecule has 0 unspecified atom stereocenters. The molecule has 0 aliphatic heterocycles. The first kappa shape index (κ1) is 16.0. The molecule has 3 aromatic carbocycles. The van der Waals surface area contributed by atoms with Crippen LogP contribution in [0.3, 0.4) is 0 Å². The number of phenolic OH excluding ortho intramolecular Hbond substituents is 1. The minimum absolute atomic E-state index is 0.384. The highest BCUT2D eigenvalue weighted by Gasteiger charge is 2.13. The van der Waals surface area contributed by atoms with Crippen molar-refractivity contribution in [3.05, 3.63) is 66.7 Å². The van der Waals surface area contributed by atoms with E-state index in [4.69, 9.17) is 0 Å². The van der Waals surface area contributed by atoms with E-state index in [9.17, 15) is 5.11 Å². The summed E-state index contributed by atoms with van der Waals surface area (Å²) in [5.74, 6) is 0.384. The van der Waals surface area contributed by atoms with E-state index in [1.807, 2.05) is 36.8 Å². The molecule has 0 saturated carbocycles.